The van der Waals surface area contributed by atoms with Crippen LogP contribution in [-0.2, 0) is 22.1 Å². The van der Waals surface area contributed by atoms with E-state index in [1.807, 2.05) is 6.92 Å². The highest BCUT2D eigenvalue weighted by molar-refractivity contribution is 7.89. The highest BCUT2D eigenvalue weighted by Gasteiger charge is 2.17. The molecule has 1 aliphatic heterocycles. The molecule has 0 amide bonds. The molecule has 0 spiro atoms. The van der Waals surface area contributed by atoms with Gasteiger partial charge in [0.25, 0.3) is 0 Å². The van der Waals surface area contributed by atoms with E-state index < -0.39 is 9.84 Å². The molecule has 0 radical (unpaired) electrons. The number of benzene rings is 1. The van der Waals surface area contributed by atoms with Crippen molar-refractivity contribution in [2.45, 2.75) is 32.1 Å². The zero-order valence-electron chi connectivity index (χ0n) is 16.5. The van der Waals surface area contributed by atoms with E-state index in [1.54, 1.807) is 0 Å². The highest BCUT2D eigenvalue weighted by Crippen LogP contribution is 2.16. The van der Waals surface area contributed by atoms with E-state index in [4.69, 9.17) is 0 Å². The van der Waals surface area contributed by atoms with Crippen molar-refractivity contribution in [1.82, 2.24) is 15.5 Å². The second-order valence-corrected chi connectivity index (χ2v) is 9.47. The molecular weight excluding hydrogens is 367 g/mol. The zero-order valence-corrected chi connectivity index (χ0v) is 17.3. The van der Waals surface area contributed by atoms with Crippen LogP contribution in [0.4, 0.5) is 4.39 Å². The minimum absolute atomic E-state index is 0.115. The number of hydrogen-bond acceptors (Lipinski definition) is 4. The van der Waals surface area contributed by atoms with E-state index in [1.165, 1.54) is 37.3 Å². The largest absolute Gasteiger partial charge is 0.357 e. The van der Waals surface area contributed by atoms with Crippen LogP contribution >= 0.6 is 0 Å². The van der Waals surface area contributed by atoms with Crippen molar-refractivity contribution in [3.8, 4) is 0 Å². The summed E-state index contributed by atoms with van der Waals surface area (Å²) >= 11 is 0. The summed E-state index contributed by atoms with van der Waals surface area (Å²) in [5.41, 5.74) is 1.18. The number of rotatable bonds is 7. The molecule has 1 aromatic rings. The first kappa shape index (κ1) is 21.6. The van der Waals surface area contributed by atoms with E-state index in [-0.39, 0.29) is 18.1 Å². The Morgan fingerprint density at radius 1 is 1.33 bits per heavy atom. The van der Waals surface area contributed by atoms with Gasteiger partial charge in [-0.2, -0.15) is 0 Å². The van der Waals surface area contributed by atoms with E-state index >= 15 is 0 Å². The van der Waals surface area contributed by atoms with Gasteiger partial charge in [0.1, 0.15) is 5.82 Å². The second-order valence-electron chi connectivity index (χ2n) is 7.33. The number of hydrogen-bond donors (Lipinski definition) is 2. The fourth-order valence-electron chi connectivity index (χ4n) is 3.35. The van der Waals surface area contributed by atoms with E-state index in [0.717, 1.165) is 26.2 Å². The summed E-state index contributed by atoms with van der Waals surface area (Å²) in [5, 5.41) is 6.56. The topological polar surface area (TPSA) is 73.8 Å². The monoisotopic (exact) mass is 398 g/mol. The van der Waals surface area contributed by atoms with Crippen molar-refractivity contribution < 1.29 is 12.8 Å². The van der Waals surface area contributed by atoms with Crippen molar-refractivity contribution in [2.24, 2.45) is 10.9 Å². The normalized spacial score (nSPS) is 19.1. The molecule has 152 valence electrons. The van der Waals surface area contributed by atoms with Crippen molar-refractivity contribution in [2.75, 3.05) is 39.5 Å². The van der Waals surface area contributed by atoms with Crippen LogP contribution < -0.4 is 10.6 Å². The number of sulfone groups is 1. The lowest BCUT2D eigenvalue weighted by Crippen LogP contribution is -2.43. The summed E-state index contributed by atoms with van der Waals surface area (Å²) in [6.07, 6.45) is 3.57. The van der Waals surface area contributed by atoms with Crippen LogP contribution in [0.15, 0.2) is 23.2 Å². The van der Waals surface area contributed by atoms with Crippen LogP contribution in [0.3, 0.4) is 0 Å². The van der Waals surface area contributed by atoms with Crippen molar-refractivity contribution >= 4 is 15.8 Å². The zero-order chi connectivity index (χ0) is 19.9. The number of guanidine groups is 1. The summed E-state index contributed by atoms with van der Waals surface area (Å²) < 4.78 is 36.9. The van der Waals surface area contributed by atoms with Crippen LogP contribution in [-0.4, -0.2) is 58.8 Å². The Hall–Kier alpha value is -1.67. The molecule has 0 aromatic heterocycles. The van der Waals surface area contributed by atoms with E-state index in [9.17, 15) is 12.8 Å². The quantitative estimate of drug-likeness (QED) is 0.541. The lowest BCUT2D eigenvalue weighted by molar-refractivity contribution is 0.210. The Morgan fingerprint density at radius 2 is 2.11 bits per heavy atom. The average Bonchev–Trinajstić information content (AvgIpc) is 2.58. The molecule has 0 bridgehead atoms. The first-order valence-corrected chi connectivity index (χ1v) is 11.5. The summed E-state index contributed by atoms with van der Waals surface area (Å²) in [4.78, 5) is 6.88. The molecule has 27 heavy (non-hydrogen) atoms. The van der Waals surface area contributed by atoms with Crippen LogP contribution in [0.2, 0.25) is 0 Å². The Kier molecular flexibility index (Phi) is 8.04. The first-order valence-electron chi connectivity index (χ1n) is 9.42. The number of piperidine rings is 1. The van der Waals surface area contributed by atoms with Gasteiger partial charge in [-0.1, -0.05) is 6.07 Å². The van der Waals surface area contributed by atoms with Gasteiger partial charge in [0.15, 0.2) is 15.8 Å². The molecule has 8 heteroatoms. The van der Waals surface area contributed by atoms with Crippen molar-refractivity contribution in [3.05, 3.63) is 35.1 Å². The number of halogens is 1. The Labute approximate surface area is 162 Å². The average molecular weight is 399 g/mol. The van der Waals surface area contributed by atoms with Gasteiger partial charge in [-0.25, -0.2) is 17.8 Å². The molecule has 0 saturated carbocycles. The van der Waals surface area contributed by atoms with Crippen molar-refractivity contribution in [3.63, 3.8) is 0 Å². The Morgan fingerprint density at radius 3 is 2.78 bits per heavy atom. The summed E-state index contributed by atoms with van der Waals surface area (Å²) in [7, 11) is -1.06. The molecule has 6 nitrogen and oxygen atoms in total. The predicted molar refractivity (Wildman–Crippen MR) is 108 cm³/mol. The Bertz CT molecular complexity index is 752. The van der Waals surface area contributed by atoms with Gasteiger partial charge < -0.3 is 15.5 Å². The van der Waals surface area contributed by atoms with Gasteiger partial charge in [0.05, 0.1) is 12.3 Å². The maximum Gasteiger partial charge on any atom is 0.191 e. The van der Waals surface area contributed by atoms with Crippen LogP contribution in [0.1, 0.15) is 30.9 Å². The third-order valence-electron chi connectivity index (χ3n) is 4.62. The minimum atomic E-state index is -3.20. The molecule has 1 aromatic carbocycles. The van der Waals surface area contributed by atoms with Gasteiger partial charge in [-0.3, -0.25) is 0 Å². The number of aliphatic imine (C=N–C) groups is 1. The molecule has 1 heterocycles. The first-order chi connectivity index (χ1) is 12.8. The van der Waals surface area contributed by atoms with Gasteiger partial charge in [-0.05, 0) is 62.5 Å². The molecule has 2 rings (SSSR count). The third kappa shape index (κ3) is 7.84. The highest BCUT2D eigenvalue weighted by atomic mass is 32.2. The Balaban J connectivity index is 2.06. The molecule has 1 unspecified atom stereocenters. The fourth-order valence-corrected chi connectivity index (χ4v) is 4.20. The molecule has 1 fully saturated rings. The summed E-state index contributed by atoms with van der Waals surface area (Å²) in [6, 6.07) is 4.18. The lowest BCUT2D eigenvalue weighted by atomic mass is 9.99. The number of nitrogens with zero attached hydrogens (tertiary/aromatic N) is 2. The van der Waals surface area contributed by atoms with Gasteiger partial charge in [-0.15, -0.1) is 0 Å². The molecular formula is C19H31FN4O2S. The maximum absolute atomic E-state index is 13.6. The lowest BCUT2D eigenvalue weighted by Gasteiger charge is -2.30. The fraction of sp³-hybridized carbons (Fsp3) is 0.632. The number of likely N-dealkylation sites (tertiary alicyclic amines) is 1. The minimum Gasteiger partial charge on any atom is -0.357 e. The van der Waals surface area contributed by atoms with Gasteiger partial charge >= 0.3 is 0 Å². The van der Waals surface area contributed by atoms with E-state index in [0.29, 0.717) is 23.0 Å². The second kappa shape index (κ2) is 10.0. The SMILES string of the molecule is CCNC(=NCc1cc(F)ccc1CS(C)(=O)=O)NCC1CCCN(C)C1. The predicted octanol–water partition coefficient (Wildman–Crippen LogP) is 1.77. The molecule has 2 N–H and O–H groups in total. The third-order valence-corrected chi connectivity index (χ3v) is 5.45. The molecule has 1 aliphatic rings. The van der Waals surface area contributed by atoms with Crippen molar-refractivity contribution in [1.29, 1.82) is 0 Å². The van der Waals surface area contributed by atoms with Crippen LogP contribution in [0.25, 0.3) is 0 Å². The molecule has 1 saturated heterocycles. The van der Waals surface area contributed by atoms with Crippen LogP contribution in [0.5, 0.6) is 0 Å². The van der Waals surface area contributed by atoms with Crippen LogP contribution in [0, 0.1) is 11.7 Å². The molecule has 0 aliphatic carbocycles. The van der Waals surface area contributed by atoms with Gasteiger partial charge in [0.2, 0.25) is 0 Å². The summed E-state index contributed by atoms with van der Waals surface area (Å²) in [6.45, 7) is 5.97. The number of nitrogens with one attached hydrogen (secondary N) is 2. The smallest absolute Gasteiger partial charge is 0.191 e. The van der Waals surface area contributed by atoms with Gasteiger partial charge in [0, 0.05) is 25.9 Å². The van der Waals surface area contributed by atoms with E-state index in [2.05, 4.69) is 27.6 Å². The standard InChI is InChI=1S/C19H31FN4O2S/c1-4-21-19(22-11-15-6-5-9-24(2)13-15)23-12-17-10-18(20)8-7-16(17)14-27(3,25)26/h7-8,10,15H,4-6,9,11-14H2,1-3H3,(H2,21,22,23). The maximum atomic E-state index is 13.6. The molecule has 1 atom stereocenters. The summed E-state index contributed by atoms with van der Waals surface area (Å²) in [5.74, 6) is 0.736.